The number of nitrogens with one attached hydrogen (secondary N) is 1. The van der Waals surface area contributed by atoms with Crippen LogP contribution in [0.4, 0.5) is 0 Å². The third-order valence-electron chi connectivity index (χ3n) is 3.34. The normalized spacial score (nSPS) is 22.7. The number of aromatic amines is 1. The van der Waals surface area contributed by atoms with Crippen molar-refractivity contribution in [3.05, 3.63) is 17.0 Å². The Bertz CT molecular complexity index is 342. The summed E-state index contributed by atoms with van der Waals surface area (Å²) in [6.07, 6.45) is 3.17. The molecule has 0 saturated carbocycles. The van der Waals surface area contributed by atoms with Crippen molar-refractivity contribution in [3.8, 4) is 0 Å². The number of H-pyrrole nitrogens is 1. The first-order valence-corrected chi connectivity index (χ1v) is 5.66. The molecule has 82 valence electrons. The van der Waals surface area contributed by atoms with Gasteiger partial charge in [-0.3, -0.25) is 5.10 Å². The fourth-order valence-corrected chi connectivity index (χ4v) is 2.44. The number of nitrogens with zero attached hydrogens (tertiary/aromatic N) is 1. The smallest absolute Gasteiger partial charge is 0.0753 e. The molecule has 0 aromatic carbocycles. The van der Waals surface area contributed by atoms with Crippen molar-refractivity contribution in [2.75, 3.05) is 19.8 Å². The summed E-state index contributed by atoms with van der Waals surface area (Å²) in [6.45, 7) is 3.29. The first kappa shape index (κ1) is 9.36. The SMILES string of the molecule is C1CC(c2n[nH]c3c2COCC3)CCO1. The standard InChI is InChI=1S/C11H16N2O2/c1-4-14-5-2-8(1)11-9-7-15-6-3-10(9)12-13-11/h8H,1-7H2,(H,12,13). The highest BCUT2D eigenvalue weighted by Crippen LogP contribution is 2.30. The molecule has 3 heterocycles. The molecule has 1 fully saturated rings. The lowest BCUT2D eigenvalue weighted by atomic mass is 9.92. The monoisotopic (exact) mass is 208 g/mol. The summed E-state index contributed by atoms with van der Waals surface area (Å²) in [5, 5.41) is 7.61. The summed E-state index contributed by atoms with van der Waals surface area (Å²) in [5.74, 6) is 0.570. The minimum atomic E-state index is 0.570. The highest BCUT2D eigenvalue weighted by molar-refractivity contribution is 5.29. The third-order valence-corrected chi connectivity index (χ3v) is 3.34. The van der Waals surface area contributed by atoms with Crippen LogP contribution >= 0.6 is 0 Å². The second-order valence-corrected chi connectivity index (χ2v) is 4.26. The van der Waals surface area contributed by atoms with Crippen LogP contribution < -0.4 is 0 Å². The highest BCUT2D eigenvalue weighted by Gasteiger charge is 2.25. The van der Waals surface area contributed by atoms with E-state index in [9.17, 15) is 0 Å². The summed E-state index contributed by atoms with van der Waals surface area (Å²) in [5.41, 5.74) is 3.82. The fraction of sp³-hybridized carbons (Fsp3) is 0.727. The van der Waals surface area contributed by atoms with Gasteiger partial charge in [0, 0.05) is 36.8 Å². The van der Waals surface area contributed by atoms with Crippen molar-refractivity contribution < 1.29 is 9.47 Å². The molecule has 4 nitrogen and oxygen atoms in total. The molecule has 0 amide bonds. The first-order chi connectivity index (χ1) is 7.45. The second-order valence-electron chi connectivity index (χ2n) is 4.26. The molecule has 1 aromatic heterocycles. The minimum absolute atomic E-state index is 0.570. The van der Waals surface area contributed by atoms with E-state index in [0.29, 0.717) is 5.92 Å². The minimum Gasteiger partial charge on any atom is -0.381 e. The van der Waals surface area contributed by atoms with E-state index in [0.717, 1.165) is 45.7 Å². The Morgan fingerprint density at radius 3 is 2.87 bits per heavy atom. The van der Waals surface area contributed by atoms with Gasteiger partial charge in [0.15, 0.2) is 0 Å². The van der Waals surface area contributed by atoms with Crippen molar-refractivity contribution in [2.24, 2.45) is 0 Å². The summed E-state index contributed by atoms with van der Waals surface area (Å²) in [6, 6.07) is 0. The second kappa shape index (κ2) is 3.94. The average Bonchev–Trinajstić information content (AvgIpc) is 2.74. The van der Waals surface area contributed by atoms with Crippen LogP contribution in [-0.2, 0) is 22.5 Å². The van der Waals surface area contributed by atoms with Gasteiger partial charge in [0.1, 0.15) is 0 Å². The lowest BCUT2D eigenvalue weighted by molar-refractivity contribution is 0.0820. The topological polar surface area (TPSA) is 47.1 Å². The molecule has 4 heteroatoms. The van der Waals surface area contributed by atoms with Crippen molar-refractivity contribution in [3.63, 3.8) is 0 Å². The molecule has 0 atom stereocenters. The zero-order valence-corrected chi connectivity index (χ0v) is 8.79. The van der Waals surface area contributed by atoms with Crippen LogP contribution in [0.2, 0.25) is 0 Å². The molecule has 0 bridgehead atoms. The van der Waals surface area contributed by atoms with Gasteiger partial charge in [-0.05, 0) is 12.8 Å². The Kier molecular flexibility index (Phi) is 2.46. The predicted molar refractivity (Wildman–Crippen MR) is 54.7 cm³/mol. The maximum absolute atomic E-state index is 5.49. The van der Waals surface area contributed by atoms with E-state index >= 15 is 0 Å². The molecule has 1 saturated heterocycles. The highest BCUT2D eigenvalue weighted by atomic mass is 16.5. The molecule has 0 aliphatic carbocycles. The Morgan fingerprint density at radius 1 is 1.13 bits per heavy atom. The number of hydrogen-bond donors (Lipinski definition) is 1. The van der Waals surface area contributed by atoms with Crippen molar-refractivity contribution in [1.29, 1.82) is 0 Å². The van der Waals surface area contributed by atoms with Gasteiger partial charge in [-0.15, -0.1) is 0 Å². The Balaban J connectivity index is 1.87. The van der Waals surface area contributed by atoms with Crippen LogP contribution in [0, 0.1) is 0 Å². The van der Waals surface area contributed by atoms with Gasteiger partial charge in [0.25, 0.3) is 0 Å². The third kappa shape index (κ3) is 1.68. The molecule has 3 rings (SSSR count). The van der Waals surface area contributed by atoms with Gasteiger partial charge in [-0.2, -0.15) is 5.10 Å². The number of rotatable bonds is 1. The molecule has 15 heavy (non-hydrogen) atoms. The molecule has 2 aliphatic heterocycles. The predicted octanol–water partition coefficient (Wildman–Crippen LogP) is 1.38. The van der Waals surface area contributed by atoms with Gasteiger partial charge in [-0.25, -0.2) is 0 Å². The number of ether oxygens (including phenoxy) is 2. The summed E-state index contributed by atoms with van der Waals surface area (Å²) in [7, 11) is 0. The van der Waals surface area contributed by atoms with Gasteiger partial charge >= 0.3 is 0 Å². The zero-order chi connectivity index (χ0) is 10.1. The first-order valence-electron chi connectivity index (χ1n) is 5.66. The molecule has 1 N–H and O–H groups in total. The van der Waals surface area contributed by atoms with E-state index in [1.54, 1.807) is 0 Å². The number of fused-ring (bicyclic) bond motifs is 1. The summed E-state index contributed by atoms with van der Waals surface area (Å²) >= 11 is 0. The lowest BCUT2D eigenvalue weighted by Crippen LogP contribution is -2.17. The lowest BCUT2D eigenvalue weighted by Gasteiger charge is -2.22. The molecular formula is C11H16N2O2. The van der Waals surface area contributed by atoms with E-state index in [-0.39, 0.29) is 0 Å². The van der Waals surface area contributed by atoms with E-state index in [2.05, 4.69) is 10.2 Å². The Morgan fingerprint density at radius 2 is 2.00 bits per heavy atom. The van der Waals surface area contributed by atoms with Crippen LogP contribution in [-0.4, -0.2) is 30.0 Å². The van der Waals surface area contributed by atoms with Crippen LogP contribution in [0.25, 0.3) is 0 Å². The average molecular weight is 208 g/mol. The van der Waals surface area contributed by atoms with Crippen molar-refractivity contribution in [1.82, 2.24) is 10.2 Å². The number of aromatic nitrogens is 2. The van der Waals surface area contributed by atoms with Crippen LogP contribution in [0.15, 0.2) is 0 Å². The van der Waals surface area contributed by atoms with Gasteiger partial charge in [0.05, 0.1) is 18.9 Å². The van der Waals surface area contributed by atoms with E-state index in [1.165, 1.54) is 17.0 Å². The Labute approximate surface area is 89.0 Å². The molecular weight excluding hydrogens is 192 g/mol. The zero-order valence-electron chi connectivity index (χ0n) is 8.79. The molecule has 0 radical (unpaired) electrons. The maximum Gasteiger partial charge on any atom is 0.0753 e. The number of hydrogen-bond acceptors (Lipinski definition) is 3. The van der Waals surface area contributed by atoms with Crippen LogP contribution in [0.3, 0.4) is 0 Å². The fourth-order valence-electron chi connectivity index (χ4n) is 2.44. The van der Waals surface area contributed by atoms with E-state index in [4.69, 9.17) is 9.47 Å². The van der Waals surface area contributed by atoms with Crippen LogP contribution in [0.5, 0.6) is 0 Å². The molecule has 1 aromatic rings. The van der Waals surface area contributed by atoms with E-state index in [1.807, 2.05) is 0 Å². The largest absolute Gasteiger partial charge is 0.381 e. The maximum atomic E-state index is 5.49. The Hall–Kier alpha value is -0.870. The van der Waals surface area contributed by atoms with Gasteiger partial charge < -0.3 is 9.47 Å². The molecule has 2 aliphatic rings. The van der Waals surface area contributed by atoms with Crippen molar-refractivity contribution >= 4 is 0 Å². The van der Waals surface area contributed by atoms with E-state index < -0.39 is 0 Å². The van der Waals surface area contributed by atoms with Crippen LogP contribution in [0.1, 0.15) is 35.7 Å². The summed E-state index contributed by atoms with van der Waals surface area (Å²) < 4.78 is 10.9. The molecule has 0 unspecified atom stereocenters. The van der Waals surface area contributed by atoms with Gasteiger partial charge in [-0.1, -0.05) is 0 Å². The summed E-state index contributed by atoms with van der Waals surface area (Å²) in [4.78, 5) is 0. The molecule has 0 spiro atoms. The van der Waals surface area contributed by atoms with Crippen molar-refractivity contribution in [2.45, 2.75) is 31.8 Å². The van der Waals surface area contributed by atoms with Gasteiger partial charge in [0.2, 0.25) is 0 Å². The quantitative estimate of drug-likeness (QED) is 0.758.